The number of pyridine rings is 2. The highest BCUT2D eigenvalue weighted by Gasteiger charge is 2.25. The molecule has 0 aliphatic heterocycles. The number of aromatic carboxylic acids is 1. The number of nitrogens with one attached hydrogen (secondary N) is 3. The molecule has 2 atom stereocenters. The van der Waals surface area contributed by atoms with Crippen LogP contribution < -0.4 is 21.7 Å². The van der Waals surface area contributed by atoms with Crippen molar-refractivity contribution in [3.8, 4) is 0 Å². The first-order chi connectivity index (χ1) is 27.1. The number of aryl methyl sites for hydroxylation is 2. The number of nitrogens with zero attached hydrogens (tertiary/aromatic N) is 6. The number of thiophene rings is 2. The van der Waals surface area contributed by atoms with E-state index in [0.717, 1.165) is 27.7 Å². The van der Waals surface area contributed by atoms with E-state index in [-0.39, 0.29) is 29.4 Å². The molecule has 0 spiro atoms. The van der Waals surface area contributed by atoms with Crippen LogP contribution in [0.15, 0.2) is 79.1 Å². The van der Waals surface area contributed by atoms with E-state index < -0.39 is 17.5 Å². The first-order valence-electron chi connectivity index (χ1n) is 18.1. The van der Waals surface area contributed by atoms with E-state index in [1.54, 1.807) is 18.5 Å². The Morgan fingerprint density at radius 1 is 0.772 bits per heavy atom. The molecule has 0 aliphatic rings. The van der Waals surface area contributed by atoms with Crippen LogP contribution in [-0.4, -0.2) is 52.6 Å². The van der Waals surface area contributed by atoms with E-state index in [4.69, 9.17) is 15.5 Å². The minimum atomic E-state index is -1.11. The van der Waals surface area contributed by atoms with Crippen LogP contribution in [0, 0.1) is 13.8 Å². The Bertz CT molecular complexity index is 2520. The second-order valence-electron chi connectivity index (χ2n) is 14.3. The summed E-state index contributed by atoms with van der Waals surface area (Å²) in [7, 11) is 0. The number of carboxylic acid groups (broad SMARTS) is 1. The van der Waals surface area contributed by atoms with Gasteiger partial charge in [-0.3, -0.25) is 9.97 Å². The second-order valence-corrected chi connectivity index (χ2v) is 16.4. The van der Waals surface area contributed by atoms with E-state index in [1.807, 2.05) is 77.1 Å². The number of esters is 1. The Hall–Kier alpha value is -6.26. The van der Waals surface area contributed by atoms with Crippen LogP contribution in [0.2, 0.25) is 0 Å². The molecule has 14 nitrogen and oxygen atoms in total. The van der Waals surface area contributed by atoms with Crippen LogP contribution >= 0.6 is 22.7 Å². The smallest absolute Gasteiger partial charge is 0.359 e. The molecule has 7 rings (SSSR count). The van der Waals surface area contributed by atoms with Crippen molar-refractivity contribution in [2.75, 3.05) is 21.7 Å². The summed E-state index contributed by atoms with van der Waals surface area (Å²) in [5.74, 6) is -0.986. The van der Waals surface area contributed by atoms with Crippen LogP contribution in [-0.2, 0) is 11.3 Å². The molecule has 6 aromatic heterocycles. The molecule has 0 radical (unpaired) electrons. The van der Waals surface area contributed by atoms with Crippen LogP contribution in [0.3, 0.4) is 0 Å². The highest BCUT2D eigenvalue weighted by Crippen LogP contribution is 2.34. The Morgan fingerprint density at radius 2 is 1.35 bits per heavy atom. The van der Waals surface area contributed by atoms with Crippen molar-refractivity contribution in [3.63, 3.8) is 0 Å². The predicted molar refractivity (Wildman–Crippen MR) is 227 cm³/mol. The van der Waals surface area contributed by atoms with Crippen LogP contribution in [0.5, 0.6) is 0 Å². The van der Waals surface area contributed by atoms with Gasteiger partial charge in [-0.2, -0.15) is 0 Å². The average Bonchev–Trinajstić information content (AvgIpc) is 3.77. The van der Waals surface area contributed by atoms with Crippen LogP contribution in [0.4, 0.5) is 21.9 Å². The molecule has 0 aliphatic carbocycles. The second kappa shape index (κ2) is 17.3. The number of carbonyl (C=O) groups is 2. The Morgan fingerprint density at radius 3 is 1.89 bits per heavy atom. The number of anilines is 4. The maximum atomic E-state index is 13.1. The largest absolute Gasteiger partial charge is 0.476 e. The van der Waals surface area contributed by atoms with E-state index in [0.29, 0.717) is 37.9 Å². The van der Waals surface area contributed by atoms with E-state index in [9.17, 15) is 14.7 Å². The molecule has 6 heterocycles. The van der Waals surface area contributed by atoms with Gasteiger partial charge in [0.05, 0.1) is 53.9 Å². The zero-order chi connectivity index (χ0) is 40.9. The molecule has 0 amide bonds. The summed E-state index contributed by atoms with van der Waals surface area (Å²) in [5, 5.41) is 20.5. The number of aromatic nitrogens is 6. The number of ether oxygens (including phenoxy) is 1. The summed E-state index contributed by atoms with van der Waals surface area (Å²) >= 11 is 2.61. The summed E-state index contributed by atoms with van der Waals surface area (Å²) < 4.78 is 6.82. The number of fused-ring (bicyclic) bond motifs is 2. The fourth-order valence-electron chi connectivity index (χ4n) is 5.61. The van der Waals surface area contributed by atoms with Gasteiger partial charge in [0, 0.05) is 18.9 Å². The van der Waals surface area contributed by atoms with Gasteiger partial charge in [-0.1, -0.05) is 30.3 Å². The number of hydrogen-bond donors (Lipinski definition) is 5. The number of nitrogen functional groups attached to an aromatic ring is 1. The van der Waals surface area contributed by atoms with Gasteiger partial charge >= 0.3 is 11.9 Å². The molecule has 6 N–H and O–H groups in total. The van der Waals surface area contributed by atoms with E-state index in [1.165, 1.54) is 28.0 Å². The molecule has 0 bridgehead atoms. The van der Waals surface area contributed by atoms with Crippen LogP contribution in [0.25, 0.3) is 20.4 Å². The lowest BCUT2D eigenvalue weighted by molar-refractivity contribution is 0.00653. The molecule has 0 fully saturated rings. The number of hydrogen-bond acceptors (Lipinski definition) is 15. The van der Waals surface area contributed by atoms with Gasteiger partial charge in [0.2, 0.25) is 11.9 Å². The Kier molecular flexibility index (Phi) is 12.2. The standard InChI is InChI=1S/C27H31N5O2S.C14H13N5O2S/c1-16-10-11-19(13-17(16)2)15-29-22-14-21-24(35-22)23(25(33)34-27(4,5)6)32-26(31-21)30-18(3)20-9-7-8-12-28-20;1-7(8-4-2-3-5-16-8)17-14-18-9-6-10(15)22-12(9)11(19-14)13(20)21/h7-14,18,29H,15H2,1-6H3,(H,30,31,32);2-7H,15H2,1H3,(H,20,21)(H,17,18,19)/t18-;7-/m00/s1. The van der Waals surface area contributed by atoms with Crippen molar-refractivity contribution in [1.29, 1.82) is 0 Å². The lowest BCUT2D eigenvalue weighted by atomic mass is 10.1. The zero-order valence-corrected chi connectivity index (χ0v) is 34.2. The maximum Gasteiger partial charge on any atom is 0.359 e. The molecule has 294 valence electrons. The third kappa shape index (κ3) is 10.3. The first-order valence-corrected chi connectivity index (χ1v) is 19.8. The maximum absolute atomic E-state index is 13.1. The molecule has 0 saturated carbocycles. The molecule has 1 aromatic carbocycles. The molecular formula is C41H44N10O4S2. The van der Waals surface area contributed by atoms with Crippen molar-refractivity contribution < 1.29 is 19.4 Å². The molecule has 7 aromatic rings. The normalized spacial score (nSPS) is 12.3. The van der Waals surface area contributed by atoms with Gasteiger partial charge in [0.25, 0.3) is 0 Å². The average molecular weight is 805 g/mol. The molecule has 16 heteroatoms. The molecule has 57 heavy (non-hydrogen) atoms. The number of carboxylic acids is 1. The van der Waals surface area contributed by atoms with Gasteiger partial charge in [-0.05, 0) is 102 Å². The number of benzene rings is 1. The summed E-state index contributed by atoms with van der Waals surface area (Å²) in [4.78, 5) is 50.7. The minimum absolute atomic E-state index is 0.0533. The third-order valence-corrected chi connectivity index (χ3v) is 10.6. The summed E-state index contributed by atoms with van der Waals surface area (Å²) in [5.41, 5.74) is 11.9. The van der Waals surface area contributed by atoms with Gasteiger partial charge in [0.15, 0.2) is 11.4 Å². The first kappa shape index (κ1) is 40.4. The quantitative estimate of drug-likeness (QED) is 0.0775. The Balaban J connectivity index is 0.000000214. The number of nitrogens with two attached hydrogens (primary N) is 1. The van der Waals surface area contributed by atoms with Crippen molar-refractivity contribution in [3.05, 3.63) is 119 Å². The van der Waals surface area contributed by atoms with E-state index >= 15 is 0 Å². The summed E-state index contributed by atoms with van der Waals surface area (Å²) in [6.45, 7) is 14.3. The lowest BCUT2D eigenvalue weighted by Gasteiger charge is -2.19. The number of carbonyl (C=O) groups excluding carboxylic acids is 1. The summed E-state index contributed by atoms with van der Waals surface area (Å²) in [6, 6.07) is 21.1. The summed E-state index contributed by atoms with van der Waals surface area (Å²) in [6.07, 6.45) is 3.44. The highest BCUT2D eigenvalue weighted by atomic mass is 32.1. The van der Waals surface area contributed by atoms with Crippen molar-refractivity contribution in [2.24, 2.45) is 0 Å². The molecule has 0 saturated heterocycles. The van der Waals surface area contributed by atoms with Crippen molar-refractivity contribution in [2.45, 2.75) is 72.7 Å². The number of rotatable bonds is 11. The van der Waals surface area contributed by atoms with Gasteiger partial charge < -0.3 is 31.5 Å². The zero-order valence-electron chi connectivity index (χ0n) is 32.6. The monoisotopic (exact) mass is 804 g/mol. The molecule has 0 unspecified atom stereocenters. The lowest BCUT2D eigenvalue weighted by Crippen LogP contribution is -2.25. The SMILES string of the molecule is C[C@H](Nc1nc(C(=O)O)c2sc(N)cc2n1)c1ccccn1.Cc1ccc(CNc2cc3nc(N[C@@H](C)c4ccccn4)nc(C(=O)OC(C)(C)C)c3s2)cc1C. The van der Waals surface area contributed by atoms with Gasteiger partial charge in [0.1, 0.15) is 5.60 Å². The van der Waals surface area contributed by atoms with Gasteiger partial charge in [-0.25, -0.2) is 29.5 Å². The van der Waals surface area contributed by atoms with Crippen molar-refractivity contribution >= 4 is 76.9 Å². The van der Waals surface area contributed by atoms with Crippen LogP contribution in [0.1, 0.15) is 95.8 Å². The fraction of sp³-hybridized carbons (Fsp3) is 0.268. The van der Waals surface area contributed by atoms with Crippen molar-refractivity contribution in [1.82, 2.24) is 29.9 Å². The molecular weight excluding hydrogens is 761 g/mol. The highest BCUT2D eigenvalue weighted by molar-refractivity contribution is 7.23. The minimum Gasteiger partial charge on any atom is -0.476 e. The van der Waals surface area contributed by atoms with E-state index in [2.05, 4.69) is 72.9 Å². The van der Waals surface area contributed by atoms with Gasteiger partial charge in [-0.15, -0.1) is 22.7 Å². The topological polar surface area (TPSA) is 203 Å². The third-order valence-electron chi connectivity index (χ3n) is 8.55. The fourth-order valence-corrected chi connectivity index (χ4v) is 7.42. The predicted octanol–water partition coefficient (Wildman–Crippen LogP) is 8.98. The Labute approximate surface area is 338 Å².